The number of quaternary nitrogens is 1. The Morgan fingerprint density at radius 3 is 2.39 bits per heavy atom. The van der Waals surface area contributed by atoms with Crippen LogP contribution in [-0.4, -0.2) is 57.1 Å². The van der Waals surface area contributed by atoms with Crippen molar-refractivity contribution in [3.63, 3.8) is 0 Å². The molecule has 1 aromatic rings. The normalized spacial score (nSPS) is 17.9. The van der Waals surface area contributed by atoms with Crippen LogP contribution in [0.5, 0.6) is 5.75 Å². The van der Waals surface area contributed by atoms with Gasteiger partial charge in [-0.2, -0.15) is 5.01 Å². The lowest BCUT2D eigenvalue weighted by Crippen LogP contribution is -2.58. The maximum Gasteiger partial charge on any atom is 0.120 e. The zero-order valence-corrected chi connectivity index (χ0v) is 11.3. The number of benzene rings is 1. The molecule has 1 saturated heterocycles. The molecule has 0 amide bonds. The van der Waals surface area contributed by atoms with Crippen LogP contribution >= 0.6 is 0 Å². The molecule has 100 valence electrons. The third kappa shape index (κ3) is 2.93. The van der Waals surface area contributed by atoms with Crippen molar-refractivity contribution < 1.29 is 9.49 Å². The van der Waals surface area contributed by atoms with Gasteiger partial charge < -0.3 is 14.8 Å². The van der Waals surface area contributed by atoms with Gasteiger partial charge in [-0.3, -0.25) is 4.76 Å². The van der Waals surface area contributed by atoms with Gasteiger partial charge in [0.1, 0.15) is 5.75 Å². The summed E-state index contributed by atoms with van der Waals surface area (Å²) in [5, 5.41) is 13.8. The Kier molecular flexibility index (Phi) is 3.75. The molecule has 1 fully saturated rings. The van der Waals surface area contributed by atoms with E-state index in [9.17, 15) is 5.21 Å². The molecule has 0 aliphatic carbocycles. The molecule has 0 aromatic heterocycles. The van der Waals surface area contributed by atoms with E-state index < -0.39 is 0 Å². The van der Waals surface area contributed by atoms with Crippen LogP contribution in [0.2, 0.25) is 0 Å². The molecule has 5 heteroatoms. The number of hydrogen-bond donors (Lipinski definition) is 0. The number of ether oxygens (including phenoxy) is 1. The molecule has 0 spiro atoms. The number of anilines is 1. The molecule has 0 saturated carbocycles. The topological polar surface area (TPSA) is 38.8 Å². The van der Waals surface area contributed by atoms with E-state index >= 15 is 0 Å². The van der Waals surface area contributed by atoms with Gasteiger partial charge >= 0.3 is 0 Å². The van der Waals surface area contributed by atoms with E-state index in [1.807, 2.05) is 23.2 Å². The molecule has 0 atom stereocenters. The molecule has 0 unspecified atom stereocenters. The van der Waals surface area contributed by atoms with E-state index in [-0.39, 0.29) is 4.76 Å². The van der Waals surface area contributed by atoms with Crippen molar-refractivity contribution in [2.24, 2.45) is 0 Å². The number of piperazine rings is 1. The van der Waals surface area contributed by atoms with Crippen LogP contribution in [0, 0.1) is 5.21 Å². The van der Waals surface area contributed by atoms with Crippen molar-refractivity contribution >= 4 is 5.69 Å². The van der Waals surface area contributed by atoms with Crippen LogP contribution in [0.25, 0.3) is 0 Å². The maximum absolute atomic E-state index is 11.8. The van der Waals surface area contributed by atoms with Gasteiger partial charge in [0.25, 0.3) is 0 Å². The summed E-state index contributed by atoms with van der Waals surface area (Å²) >= 11 is 0. The summed E-state index contributed by atoms with van der Waals surface area (Å²) in [6.45, 7) is 3.32. The van der Waals surface area contributed by atoms with Crippen LogP contribution in [-0.2, 0) is 0 Å². The quantitative estimate of drug-likeness (QED) is 0.600. The summed E-state index contributed by atoms with van der Waals surface area (Å²) in [4.78, 5) is 2.29. The first-order valence-electron chi connectivity index (χ1n) is 6.20. The maximum atomic E-state index is 11.8. The third-order valence-corrected chi connectivity index (χ3v) is 3.36. The molecule has 5 nitrogen and oxygen atoms in total. The highest BCUT2D eigenvalue weighted by atomic mass is 16.6. The summed E-state index contributed by atoms with van der Waals surface area (Å²) in [7, 11) is 5.01. The Balaban J connectivity index is 2.01. The van der Waals surface area contributed by atoms with E-state index in [2.05, 4.69) is 11.0 Å². The molecule has 18 heavy (non-hydrogen) atoms. The highest BCUT2D eigenvalue weighted by molar-refractivity contribution is 5.51. The Morgan fingerprint density at radius 1 is 1.17 bits per heavy atom. The summed E-state index contributed by atoms with van der Waals surface area (Å²) in [5.41, 5.74) is 1.16. The second-order valence-corrected chi connectivity index (χ2v) is 4.94. The minimum atomic E-state index is -0.341. The Labute approximate surface area is 108 Å². The van der Waals surface area contributed by atoms with Crippen molar-refractivity contribution in [1.82, 2.24) is 5.01 Å². The average molecular weight is 251 g/mol. The van der Waals surface area contributed by atoms with Gasteiger partial charge in [0.15, 0.2) is 0 Å². The number of nitrogens with zero attached hydrogens (tertiary/aromatic N) is 3. The van der Waals surface area contributed by atoms with Gasteiger partial charge in [-0.15, -0.1) is 0 Å². The highest BCUT2D eigenvalue weighted by Gasteiger charge is 2.24. The predicted molar refractivity (Wildman–Crippen MR) is 72.3 cm³/mol. The van der Waals surface area contributed by atoms with E-state index in [0.29, 0.717) is 0 Å². The monoisotopic (exact) mass is 251 g/mol. The van der Waals surface area contributed by atoms with Crippen LogP contribution < -0.4 is 9.64 Å². The van der Waals surface area contributed by atoms with Crippen LogP contribution in [0.3, 0.4) is 0 Å². The van der Waals surface area contributed by atoms with Gasteiger partial charge in [-0.1, -0.05) is 6.07 Å². The lowest BCUT2D eigenvalue weighted by Gasteiger charge is -2.47. The minimum Gasteiger partial charge on any atom is -0.612 e. The highest BCUT2D eigenvalue weighted by Crippen LogP contribution is 2.22. The van der Waals surface area contributed by atoms with Crippen molar-refractivity contribution in [3.8, 4) is 5.75 Å². The van der Waals surface area contributed by atoms with Crippen molar-refractivity contribution in [3.05, 3.63) is 29.5 Å². The fraction of sp³-hybridized carbons (Fsp3) is 0.538. The molecule has 1 heterocycles. The van der Waals surface area contributed by atoms with E-state index in [0.717, 1.165) is 37.6 Å². The SMILES string of the molecule is COc1cccc(N2CCN([N+](C)(C)[O-])CC2)c1. The van der Waals surface area contributed by atoms with Gasteiger partial charge in [0.05, 0.1) is 34.3 Å². The molecule has 1 aromatic carbocycles. The molecule has 0 bridgehead atoms. The van der Waals surface area contributed by atoms with Gasteiger partial charge in [0, 0.05) is 24.8 Å². The summed E-state index contributed by atoms with van der Waals surface area (Å²) in [6.07, 6.45) is 0. The average Bonchev–Trinajstić information content (AvgIpc) is 2.38. The second-order valence-electron chi connectivity index (χ2n) is 4.94. The van der Waals surface area contributed by atoms with Crippen molar-refractivity contribution in [2.75, 3.05) is 52.3 Å². The number of rotatable bonds is 3. The lowest BCUT2D eigenvalue weighted by atomic mass is 10.2. The lowest BCUT2D eigenvalue weighted by molar-refractivity contribution is -0.960. The first-order chi connectivity index (χ1) is 8.50. The summed E-state index contributed by atoms with van der Waals surface area (Å²) in [5.74, 6) is 0.870. The molecule has 0 N–H and O–H groups in total. The Hall–Kier alpha value is -1.30. The fourth-order valence-electron chi connectivity index (χ4n) is 2.24. The first kappa shape index (κ1) is 13.1. The number of hydroxylamine groups is 2. The molecule has 0 radical (unpaired) electrons. The van der Waals surface area contributed by atoms with Crippen molar-refractivity contribution in [2.45, 2.75) is 0 Å². The predicted octanol–water partition coefficient (Wildman–Crippen LogP) is 1.31. The van der Waals surface area contributed by atoms with Crippen LogP contribution in [0.1, 0.15) is 0 Å². The summed E-state index contributed by atoms with van der Waals surface area (Å²) < 4.78 is 4.89. The first-order valence-corrected chi connectivity index (χ1v) is 6.20. The van der Waals surface area contributed by atoms with E-state index in [1.165, 1.54) is 0 Å². The van der Waals surface area contributed by atoms with Crippen LogP contribution in [0.15, 0.2) is 24.3 Å². The molecule has 1 aliphatic rings. The second kappa shape index (κ2) is 5.14. The minimum absolute atomic E-state index is 0.341. The molecular weight excluding hydrogens is 230 g/mol. The Morgan fingerprint density at radius 2 is 1.83 bits per heavy atom. The van der Waals surface area contributed by atoms with Gasteiger partial charge in [-0.05, 0) is 12.1 Å². The number of hydrogen-bond acceptors (Lipinski definition) is 4. The fourth-order valence-corrected chi connectivity index (χ4v) is 2.24. The molecule has 2 rings (SSSR count). The van der Waals surface area contributed by atoms with Gasteiger partial charge in [-0.25, -0.2) is 0 Å². The standard InChI is InChI=1S/C13H21N3O2/c1-16(2,17)15-9-7-14(8-10-15)12-5-4-6-13(11-12)18-3/h4-6,11H,7-10H2,1-3H3. The van der Waals surface area contributed by atoms with Gasteiger partial charge in [0.2, 0.25) is 0 Å². The molecule has 1 aliphatic heterocycles. The van der Waals surface area contributed by atoms with Crippen molar-refractivity contribution in [1.29, 1.82) is 0 Å². The van der Waals surface area contributed by atoms with E-state index in [4.69, 9.17) is 4.74 Å². The number of methoxy groups -OCH3 is 1. The van der Waals surface area contributed by atoms with Crippen LogP contribution in [0.4, 0.5) is 5.69 Å². The smallest absolute Gasteiger partial charge is 0.120 e. The third-order valence-electron chi connectivity index (χ3n) is 3.36. The largest absolute Gasteiger partial charge is 0.612 e. The Bertz CT molecular complexity index is 395. The van der Waals surface area contributed by atoms with E-state index in [1.54, 1.807) is 21.2 Å². The zero-order valence-electron chi connectivity index (χ0n) is 11.3. The summed E-state index contributed by atoms with van der Waals surface area (Å²) in [6, 6.07) is 8.05. The zero-order chi connectivity index (χ0) is 13.2. The molecular formula is C13H21N3O2.